The van der Waals surface area contributed by atoms with Gasteiger partial charge in [0.15, 0.2) is 5.96 Å². The molecule has 3 N–H and O–H groups in total. The van der Waals surface area contributed by atoms with Crippen LogP contribution in [0.2, 0.25) is 0 Å². The quantitative estimate of drug-likeness (QED) is 0.407. The standard InChI is InChI=1S/C14H18FN5.HI/c1-16-14(18-10-12-7-9-19-20-12)17-8-6-11-4-2-3-5-13(11)15;/h2-5,7,9H,6,8,10H2,1H3,(H,19,20)(H2,16,17,18);1H. The van der Waals surface area contributed by atoms with Crippen molar-refractivity contribution in [2.24, 2.45) is 4.99 Å². The minimum absolute atomic E-state index is 0. The summed E-state index contributed by atoms with van der Waals surface area (Å²) in [5.41, 5.74) is 1.67. The second kappa shape index (κ2) is 9.32. The molecule has 0 atom stereocenters. The number of aliphatic imine (C=N–C) groups is 1. The highest BCUT2D eigenvalue weighted by molar-refractivity contribution is 14.0. The maximum Gasteiger partial charge on any atom is 0.191 e. The van der Waals surface area contributed by atoms with Crippen LogP contribution in [0.3, 0.4) is 0 Å². The molecule has 0 unspecified atom stereocenters. The van der Waals surface area contributed by atoms with Gasteiger partial charge in [0.25, 0.3) is 0 Å². The van der Waals surface area contributed by atoms with Crippen LogP contribution in [0.4, 0.5) is 4.39 Å². The second-order valence-electron chi connectivity index (χ2n) is 4.28. The van der Waals surface area contributed by atoms with Gasteiger partial charge in [-0.15, -0.1) is 24.0 Å². The van der Waals surface area contributed by atoms with Gasteiger partial charge in [-0.25, -0.2) is 4.39 Å². The summed E-state index contributed by atoms with van der Waals surface area (Å²) >= 11 is 0. The van der Waals surface area contributed by atoms with E-state index in [0.717, 1.165) is 5.69 Å². The maximum atomic E-state index is 13.4. The van der Waals surface area contributed by atoms with Crippen LogP contribution in [-0.2, 0) is 13.0 Å². The van der Waals surface area contributed by atoms with Crippen molar-refractivity contribution in [3.05, 3.63) is 53.6 Å². The molecule has 0 saturated carbocycles. The van der Waals surface area contributed by atoms with Gasteiger partial charge in [0.1, 0.15) is 5.82 Å². The first-order chi connectivity index (χ1) is 9.79. The molecule has 0 fully saturated rings. The highest BCUT2D eigenvalue weighted by Crippen LogP contribution is 2.05. The van der Waals surface area contributed by atoms with Gasteiger partial charge in [-0.2, -0.15) is 5.10 Å². The van der Waals surface area contributed by atoms with Gasteiger partial charge in [0.2, 0.25) is 0 Å². The van der Waals surface area contributed by atoms with Gasteiger partial charge >= 0.3 is 0 Å². The van der Waals surface area contributed by atoms with Crippen molar-refractivity contribution in [1.29, 1.82) is 0 Å². The van der Waals surface area contributed by atoms with Gasteiger partial charge in [0, 0.05) is 19.8 Å². The Balaban J connectivity index is 0.00000220. The highest BCUT2D eigenvalue weighted by atomic mass is 127. The molecular weight excluding hydrogens is 384 g/mol. The Morgan fingerprint density at radius 1 is 1.29 bits per heavy atom. The molecule has 0 saturated heterocycles. The van der Waals surface area contributed by atoms with Crippen molar-refractivity contribution >= 4 is 29.9 Å². The molecule has 7 heteroatoms. The van der Waals surface area contributed by atoms with E-state index in [4.69, 9.17) is 0 Å². The van der Waals surface area contributed by atoms with Gasteiger partial charge < -0.3 is 10.6 Å². The first-order valence-corrected chi connectivity index (χ1v) is 6.46. The molecule has 0 aliphatic rings. The number of nitrogens with one attached hydrogen (secondary N) is 3. The fourth-order valence-electron chi connectivity index (χ4n) is 1.80. The van der Waals surface area contributed by atoms with Crippen molar-refractivity contribution < 1.29 is 4.39 Å². The molecule has 1 aromatic heterocycles. The van der Waals surface area contributed by atoms with Gasteiger partial charge in [-0.05, 0) is 24.1 Å². The predicted octanol–water partition coefficient (Wildman–Crippen LogP) is 2.07. The van der Waals surface area contributed by atoms with Crippen LogP contribution in [-0.4, -0.2) is 29.7 Å². The molecule has 5 nitrogen and oxygen atoms in total. The molecule has 2 aromatic rings. The van der Waals surface area contributed by atoms with Crippen molar-refractivity contribution in [3.8, 4) is 0 Å². The summed E-state index contributed by atoms with van der Waals surface area (Å²) < 4.78 is 13.4. The second-order valence-corrected chi connectivity index (χ2v) is 4.28. The van der Waals surface area contributed by atoms with E-state index in [9.17, 15) is 4.39 Å². The third-order valence-electron chi connectivity index (χ3n) is 2.87. The summed E-state index contributed by atoms with van der Waals surface area (Å²) in [6.07, 6.45) is 2.31. The zero-order chi connectivity index (χ0) is 14.2. The monoisotopic (exact) mass is 403 g/mol. The van der Waals surface area contributed by atoms with Crippen LogP contribution in [0.15, 0.2) is 41.5 Å². The van der Waals surface area contributed by atoms with Crippen molar-refractivity contribution in [1.82, 2.24) is 20.8 Å². The van der Waals surface area contributed by atoms with Crippen LogP contribution in [0.25, 0.3) is 0 Å². The van der Waals surface area contributed by atoms with Gasteiger partial charge in [-0.3, -0.25) is 10.1 Å². The van der Waals surface area contributed by atoms with E-state index in [-0.39, 0.29) is 29.8 Å². The number of aromatic amines is 1. The van der Waals surface area contributed by atoms with E-state index in [1.807, 2.05) is 12.1 Å². The molecule has 1 heterocycles. The number of hydrogen-bond donors (Lipinski definition) is 3. The Kier molecular flexibility index (Phi) is 7.73. The summed E-state index contributed by atoms with van der Waals surface area (Å²) in [6, 6.07) is 8.68. The van der Waals surface area contributed by atoms with E-state index >= 15 is 0 Å². The largest absolute Gasteiger partial charge is 0.356 e. The number of benzene rings is 1. The number of halogens is 2. The minimum atomic E-state index is -0.172. The molecule has 0 amide bonds. The van der Waals surface area contributed by atoms with E-state index in [1.54, 1.807) is 25.4 Å². The van der Waals surface area contributed by atoms with Gasteiger partial charge in [-0.1, -0.05) is 18.2 Å². The lowest BCUT2D eigenvalue weighted by Gasteiger charge is -2.11. The predicted molar refractivity (Wildman–Crippen MR) is 92.3 cm³/mol. The average Bonchev–Trinajstić information content (AvgIpc) is 2.98. The molecule has 0 bridgehead atoms. The van der Waals surface area contributed by atoms with Crippen molar-refractivity contribution in [2.75, 3.05) is 13.6 Å². The number of guanidine groups is 1. The summed E-state index contributed by atoms with van der Waals surface area (Å²) in [7, 11) is 1.70. The smallest absolute Gasteiger partial charge is 0.191 e. The Bertz CT molecular complexity index is 556. The topological polar surface area (TPSA) is 65.1 Å². The van der Waals surface area contributed by atoms with Crippen LogP contribution >= 0.6 is 24.0 Å². The third kappa shape index (κ3) is 5.70. The Hall–Kier alpha value is -1.64. The van der Waals surface area contributed by atoms with Crippen LogP contribution in [0.1, 0.15) is 11.3 Å². The van der Waals surface area contributed by atoms with Crippen molar-refractivity contribution in [3.63, 3.8) is 0 Å². The first kappa shape index (κ1) is 17.4. The number of nitrogens with zero attached hydrogens (tertiary/aromatic N) is 2. The molecular formula is C14H19FIN5. The van der Waals surface area contributed by atoms with E-state index in [1.165, 1.54) is 6.07 Å². The summed E-state index contributed by atoms with van der Waals surface area (Å²) in [4.78, 5) is 4.11. The molecule has 0 aliphatic heterocycles. The fourth-order valence-corrected chi connectivity index (χ4v) is 1.80. The number of hydrogen-bond acceptors (Lipinski definition) is 2. The van der Waals surface area contributed by atoms with Crippen LogP contribution in [0, 0.1) is 5.82 Å². The number of rotatable bonds is 5. The van der Waals surface area contributed by atoms with E-state index in [0.29, 0.717) is 31.0 Å². The van der Waals surface area contributed by atoms with E-state index in [2.05, 4.69) is 25.8 Å². The molecule has 0 radical (unpaired) electrons. The van der Waals surface area contributed by atoms with Crippen LogP contribution < -0.4 is 10.6 Å². The molecule has 21 heavy (non-hydrogen) atoms. The normalized spacial score (nSPS) is 10.9. The Morgan fingerprint density at radius 2 is 2.10 bits per heavy atom. The molecule has 0 spiro atoms. The number of aromatic nitrogens is 2. The SMILES string of the molecule is CN=C(NCCc1ccccc1F)NCc1ccn[nH]1.I. The summed E-state index contributed by atoms with van der Waals surface area (Å²) in [6.45, 7) is 1.23. The number of H-pyrrole nitrogens is 1. The fraction of sp³-hybridized carbons (Fsp3) is 0.286. The molecule has 0 aliphatic carbocycles. The summed E-state index contributed by atoms with van der Waals surface area (Å²) in [5.74, 6) is 0.505. The molecule has 114 valence electrons. The maximum absolute atomic E-state index is 13.4. The lowest BCUT2D eigenvalue weighted by atomic mass is 10.1. The van der Waals surface area contributed by atoms with Crippen LogP contribution in [0.5, 0.6) is 0 Å². The van der Waals surface area contributed by atoms with E-state index < -0.39 is 0 Å². The summed E-state index contributed by atoms with van der Waals surface area (Å²) in [5, 5.41) is 13.0. The minimum Gasteiger partial charge on any atom is -0.356 e. The molecule has 1 aromatic carbocycles. The Labute approximate surface area is 140 Å². The Morgan fingerprint density at radius 3 is 2.76 bits per heavy atom. The third-order valence-corrected chi connectivity index (χ3v) is 2.87. The average molecular weight is 403 g/mol. The highest BCUT2D eigenvalue weighted by Gasteiger charge is 2.02. The lowest BCUT2D eigenvalue weighted by Crippen LogP contribution is -2.38. The van der Waals surface area contributed by atoms with Gasteiger partial charge in [0.05, 0.1) is 12.2 Å². The molecule has 2 rings (SSSR count). The van der Waals surface area contributed by atoms with Crippen molar-refractivity contribution in [2.45, 2.75) is 13.0 Å². The zero-order valence-electron chi connectivity index (χ0n) is 11.8. The first-order valence-electron chi connectivity index (χ1n) is 6.46. The zero-order valence-corrected chi connectivity index (χ0v) is 14.1. The lowest BCUT2D eigenvalue weighted by molar-refractivity contribution is 0.606.